The second-order valence-corrected chi connectivity index (χ2v) is 4.14. The molecule has 0 aromatic heterocycles. The van der Waals surface area contributed by atoms with Gasteiger partial charge in [0, 0.05) is 6.08 Å². The fourth-order valence-electron chi connectivity index (χ4n) is 2.10. The van der Waals surface area contributed by atoms with Crippen molar-refractivity contribution in [1.82, 2.24) is 0 Å². The van der Waals surface area contributed by atoms with Crippen LogP contribution in [0.1, 0.15) is 39.0 Å². The Morgan fingerprint density at radius 3 is 3.00 bits per heavy atom. The summed E-state index contributed by atoms with van der Waals surface area (Å²) in [7, 11) is 0. The molecule has 0 aromatic rings. The molecule has 1 saturated carbocycles. The van der Waals surface area contributed by atoms with Gasteiger partial charge in [-0.1, -0.05) is 32.3 Å². The van der Waals surface area contributed by atoms with Gasteiger partial charge in [-0.25, -0.2) is 4.79 Å². The number of carboxylic acids is 1. The summed E-state index contributed by atoms with van der Waals surface area (Å²) >= 11 is 0. The minimum absolute atomic E-state index is 0.335. The highest BCUT2D eigenvalue weighted by Gasteiger charge is 2.20. The van der Waals surface area contributed by atoms with Crippen molar-refractivity contribution in [3.63, 3.8) is 0 Å². The smallest absolute Gasteiger partial charge is 0.328 e. The molecular weight excluding hydrogens is 192 g/mol. The largest absolute Gasteiger partial charge is 0.478 e. The van der Waals surface area contributed by atoms with Gasteiger partial charge in [-0.2, -0.15) is 0 Å². The van der Waals surface area contributed by atoms with E-state index >= 15 is 0 Å². The first-order valence-electron chi connectivity index (χ1n) is 5.73. The first-order valence-corrected chi connectivity index (χ1v) is 5.73. The Morgan fingerprint density at radius 1 is 1.53 bits per heavy atom. The molecule has 0 bridgehead atoms. The van der Waals surface area contributed by atoms with Crippen LogP contribution in [0.25, 0.3) is 0 Å². The van der Waals surface area contributed by atoms with Crippen molar-refractivity contribution < 1.29 is 14.6 Å². The number of hydrogen-bond donors (Lipinski definition) is 1. The van der Waals surface area contributed by atoms with Crippen LogP contribution in [0.4, 0.5) is 0 Å². The summed E-state index contributed by atoms with van der Waals surface area (Å²) in [4.78, 5) is 10.2. The third kappa shape index (κ3) is 4.98. The van der Waals surface area contributed by atoms with Gasteiger partial charge in [-0.05, 0) is 18.8 Å². The number of rotatable bonds is 5. The Balaban J connectivity index is 2.18. The van der Waals surface area contributed by atoms with Gasteiger partial charge in [0.1, 0.15) is 0 Å². The van der Waals surface area contributed by atoms with E-state index in [1.807, 2.05) is 0 Å². The molecule has 0 heterocycles. The van der Waals surface area contributed by atoms with Crippen LogP contribution in [-0.4, -0.2) is 23.8 Å². The van der Waals surface area contributed by atoms with E-state index in [0.29, 0.717) is 12.7 Å². The fourth-order valence-corrected chi connectivity index (χ4v) is 2.10. The SMILES string of the molecule is CCC1CCCC(OC/C=C/C(=O)O)C1. The van der Waals surface area contributed by atoms with Crippen molar-refractivity contribution in [3.8, 4) is 0 Å². The first-order chi connectivity index (χ1) is 7.22. The van der Waals surface area contributed by atoms with Gasteiger partial charge in [0.15, 0.2) is 0 Å². The number of aliphatic carboxylic acids is 1. The summed E-state index contributed by atoms with van der Waals surface area (Å²) in [6.45, 7) is 2.64. The van der Waals surface area contributed by atoms with Gasteiger partial charge in [-0.3, -0.25) is 0 Å². The predicted molar refractivity (Wildman–Crippen MR) is 58.8 cm³/mol. The maximum atomic E-state index is 10.2. The lowest BCUT2D eigenvalue weighted by Gasteiger charge is -2.28. The lowest BCUT2D eigenvalue weighted by Crippen LogP contribution is -2.22. The van der Waals surface area contributed by atoms with E-state index in [1.165, 1.54) is 19.3 Å². The van der Waals surface area contributed by atoms with Gasteiger partial charge in [-0.15, -0.1) is 0 Å². The summed E-state index contributed by atoms with van der Waals surface area (Å²) in [5.41, 5.74) is 0. The van der Waals surface area contributed by atoms with Crippen LogP contribution in [0.3, 0.4) is 0 Å². The van der Waals surface area contributed by atoms with E-state index in [9.17, 15) is 4.79 Å². The molecule has 0 amide bonds. The lowest BCUT2D eigenvalue weighted by atomic mass is 9.85. The molecule has 1 aliphatic carbocycles. The average Bonchev–Trinajstić information content (AvgIpc) is 2.24. The van der Waals surface area contributed by atoms with E-state index in [2.05, 4.69) is 6.92 Å². The van der Waals surface area contributed by atoms with Crippen molar-refractivity contribution in [2.24, 2.45) is 5.92 Å². The quantitative estimate of drug-likeness (QED) is 0.712. The summed E-state index contributed by atoms with van der Waals surface area (Å²) in [6, 6.07) is 0. The third-order valence-electron chi connectivity index (χ3n) is 3.00. The zero-order chi connectivity index (χ0) is 11.1. The van der Waals surface area contributed by atoms with Crippen LogP contribution < -0.4 is 0 Å². The molecule has 2 atom stereocenters. The van der Waals surface area contributed by atoms with Gasteiger partial charge in [0.25, 0.3) is 0 Å². The second kappa shape index (κ2) is 6.62. The molecule has 86 valence electrons. The Labute approximate surface area is 91.1 Å². The molecule has 1 rings (SSSR count). The summed E-state index contributed by atoms with van der Waals surface area (Å²) < 4.78 is 5.62. The van der Waals surface area contributed by atoms with Crippen LogP contribution in [0, 0.1) is 5.92 Å². The number of carboxylic acid groups (broad SMARTS) is 1. The van der Waals surface area contributed by atoms with E-state index in [-0.39, 0.29) is 0 Å². The first kappa shape index (κ1) is 12.2. The van der Waals surface area contributed by atoms with E-state index in [4.69, 9.17) is 9.84 Å². The molecule has 15 heavy (non-hydrogen) atoms. The number of hydrogen-bond acceptors (Lipinski definition) is 2. The Kier molecular flexibility index (Phi) is 5.40. The third-order valence-corrected chi connectivity index (χ3v) is 3.00. The van der Waals surface area contributed by atoms with Crippen LogP contribution in [0.2, 0.25) is 0 Å². The van der Waals surface area contributed by atoms with Crippen LogP contribution in [-0.2, 0) is 9.53 Å². The molecule has 1 N–H and O–H groups in total. The minimum atomic E-state index is -0.909. The van der Waals surface area contributed by atoms with Crippen molar-refractivity contribution in [2.75, 3.05) is 6.61 Å². The molecule has 1 aliphatic rings. The van der Waals surface area contributed by atoms with Gasteiger partial charge >= 0.3 is 5.97 Å². The molecule has 1 fully saturated rings. The zero-order valence-corrected chi connectivity index (χ0v) is 9.32. The summed E-state index contributed by atoms with van der Waals surface area (Å²) in [5, 5.41) is 8.39. The molecule has 2 unspecified atom stereocenters. The Bertz CT molecular complexity index is 223. The molecule has 0 spiro atoms. The molecule has 0 radical (unpaired) electrons. The van der Waals surface area contributed by atoms with Crippen LogP contribution >= 0.6 is 0 Å². The molecule has 0 aromatic carbocycles. The monoisotopic (exact) mass is 212 g/mol. The van der Waals surface area contributed by atoms with E-state index in [0.717, 1.165) is 24.8 Å². The zero-order valence-electron chi connectivity index (χ0n) is 9.32. The molecule has 3 nitrogen and oxygen atoms in total. The maximum Gasteiger partial charge on any atom is 0.328 e. The number of carbonyl (C=O) groups is 1. The highest BCUT2D eigenvalue weighted by Crippen LogP contribution is 2.28. The van der Waals surface area contributed by atoms with Gasteiger partial charge in [0.05, 0.1) is 12.7 Å². The van der Waals surface area contributed by atoms with Crippen LogP contribution in [0.5, 0.6) is 0 Å². The molecular formula is C12H20O3. The summed E-state index contributed by atoms with van der Waals surface area (Å²) in [6.07, 6.45) is 9.09. The normalized spacial score (nSPS) is 27.0. The Hall–Kier alpha value is -0.830. The maximum absolute atomic E-state index is 10.2. The predicted octanol–water partition coefficient (Wildman–Crippen LogP) is 2.61. The number of ether oxygens (including phenoxy) is 1. The van der Waals surface area contributed by atoms with Gasteiger partial charge in [0.2, 0.25) is 0 Å². The fraction of sp³-hybridized carbons (Fsp3) is 0.750. The van der Waals surface area contributed by atoms with Crippen molar-refractivity contribution in [2.45, 2.75) is 45.1 Å². The molecule has 0 saturated heterocycles. The lowest BCUT2D eigenvalue weighted by molar-refractivity contribution is -0.131. The van der Waals surface area contributed by atoms with Gasteiger partial charge < -0.3 is 9.84 Å². The van der Waals surface area contributed by atoms with Crippen molar-refractivity contribution in [3.05, 3.63) is 12.2 Å². The van der Waals surface area contributed by atoms with Crippen LogP contribution in [0.15, 0.2) is 12.2 Å². The molecule has 0 aliphatic heterocycles. The Morgan fingerprint density at radius 2 is 2.33 bits per heavy atom. The highest BCUT2D eigenvalue weighted by atomic mass is 16.5. The van der Waals surface area contributed by atoms with Crippen molar-refractivity contribution in [1.29, 1.82) is 0 Å². The van der Waals surface area contributed by atoms with E-state index < -0.39 is 5.97 Å². The highest BCUT2D eigenvalue weighted by molar-refractivity contribution is 5.79. The molecule has 3 heteroatoms. The summed E-state index contributed by atoms with van der Waals surface area (Å²) in [5.74, 6) is -0.110. The topological polar surface area (TPSA) is 46.5 Å². The second-order valence-electron chi connectivity index (χ2n) is 4.14. The standard InChI is InChI=1S/C12H20O3/c1-2-10-5-3-6-11(9-10)15-8-4-7-12(13)14/h4,7,10-11H,2-3,5-6,8-9H2,1H3,(H,13,14)/b7-4+. The average molecular weight is 212 g/mol. The van der Waals surface area contributed by atoms with E-state index in [1.54, 1.807) is 6.08 Å². The minimum Gasteiger partial charge on any atom is -0.478 e. The van der Waals surface area contributed by atoms with Crippen molar-refractivity contribution >= 4 is 5.97 Å².